The van der Waals surface area contributed by atoms with Crippen molar-refractivity contribution in [1.82, 2.24) is 20.9 Å². The first kappa shape index (κ1) is 14.3. The second-order valence-corrected chi connectivity index (χ2v) is 5.57. The third-order valence-corrected chi connectivity index (χ3v) is 3.73. The number of likely N-dealkylation sites (tertiary alicyclic amines) is 1. The van der Waals surface area contributed by atoms with E-state index in [1.165, 1.54) is 0 Å². The fraction of sp³-hybridized carbons (Fsp3) is 0.846. The summed E-state index contributed by atoms with van der Waals surface area (Å²) in [6, 6.07) is -0.0670. The van der Waals surface area contributed by atoms with Crippen LogP contribution in [0.25, 0.3) is 0 Å². The van der Waals surface area contributed by atoms with E-state index in [0.29, 0.717) is 12.5 Å². The van der Waals surface area contributed by atoms with E-state index in [9.17, 15) is 9.59 Å². The zero-order chi connectivity index (χ0) is 13.7. The van der Waals surface area contributed by atoms with Crippen LogP contribution in [0.1, 0.15) is 25.7 Å². The van der Waals surface area contributed by atoms with Crippen molar-refractivity contribution >= 4 is 11.9 Å². The summed E-state index contributed by atoms with van der Waals surface area (Å²) in [5.74, 6) is 0.507. The lowest BCUT2D eigenvalue weighted by Gasteiger charge is -2.31. The van der Waals surface area contributed by atoms with Crippen molar-refractivity contribution in [3.8, 4) is 0 Å². The van der Waals surface area contributed by atoms with Gasteiger partial charge in [0.2, 0.25) is 5.91 Å². The highest BCUT2D eigenvalue weighted by Gasteiger charge is 2.25. The van der Waals surface area contributed by atoms with Crippen LogP contribution in [0.5, 0.6) is 0 Å². The smallest absolute Gasteiger partial charge is 0.321 e. The normalized spacial score (nSPS) is 21.1. The maximum Gasteiger partial charge on any atom is 0.321 e. The summed E-state index contributed by atoms with van der Waals surface area (Å²) in [7, 11) is 1.97. The standard InChI is InChI=1S/C13H24N4O2/c1-14-8-10-4-6-17(7-5-10)9-12(18)16-13(19)15-11-2-3-11/h10-11,14H,2-9H2,1H3,(H2,15,16,18,19). The molecule has 19 heavy (non-hydrogen) atoms. The van der Waals surface area contributed by atoms with Crippen LogP contribution in [0.15, 0.2) is 0 Å². The lowest BCUT2D eigenvalue weighted by atomic mass is 9.97. The molecule has 0 aromatic heterocycles. The Bertz CT molecular complexity index is 323. The minimum atomic E-state index is -0.349. The summed E-state index contributed by atoms with van der Waals surface area (Å²) >= 11 is 0. The average molecular weight is 268 g/mol. The van der Waals surface area contributed by atoms with Crippen LogP contribution in [0.4, 0.5) is 4.79 Å². The average Bonchev–Trinajstić information content (AvgIpc) is 3.15. The van der Waals surface area contributed by atoms with E-state index in [-0.39, 0.29) is 18.0 Å². The number of amides is 3. The van der Waals surface area contributed by atoms with Crippen LogP contribution in [0.3, 0.4) is 0 Å². The zero-order valence-electron chi connectivity index (χ0n) is 11.6. The lowest BCUT2D eigenvalue weighted by Crippen LogP contribution is -2.47. The van der Waals surface area contributed by atoms with Gasteiger partial charge in [-0.1, -0.05) is 0 Å². The van der Waals surface area contributed by atoms with E-state index in [4.69, 9.17) is 0 Å². The first-order chi connectivity index (χ1) is 9.17. The third-order valence-electron chi connectivity index (χ3n) is 3.73. The van der Waals surface area contributed by atoms with Gasteiger partial charge in [0.05, 0.1) is 6.54 Å². The van der Waals surface area contributed by atoms with Gasteiger partial charge in [0.1, 0.15) is 0 Å². The van der Waals surface area contributed by atoms with Gasteiger partial charge >= 0.3 is 6.03 Å². The van der Waals surface area contributed by atoms with E-state index in [1.54, 1.807) is 0 Å². The van der Waals surface area contributed by atoms with Crippen molar-refractivity contribution in [3.63, 3.8) is 0 Å². The molecule has 1 heterocycles. The number of carbonyl (C=O) groups is 2. The Hall–Kier alpha value is -1.14. The van der Waals surface area contributed by atoms with Gasteiger partial charge in [-0.25, -0.2) is 4.79 Å². The summed E-state index contributed by atoms with van der Waals surface area (Å²) in [6.45, 7) is 3.24. The molecule has 0 unspecified atom stereocenters. The number of piperidine rings is 1. The molecular formula is C13H24N4O2. The van der Waals surface area contributed by atoms with Crippen molar-refractivity contribution in [2.24, 2.45) is 5.92 Å². The largest absolute Gasteiger partial charge is 0.335 e. The molecule has 3 amide bonds. The quantitative estimate of drug-likeness (QED) is 0.651. The summed E-state index contributed by atoms with van der Waals surface area (Å²) in [6.07, 6.45) is 4.28. The molecule has 0 radical (unpaired) electrons. The fourth-order valence-corrected chi connectivity index (χ4v) is 2.46. The molecule has 108 valence electrons. The second-order valence-electron chi connectivity index (χ2n) is 5.57. The number of rotatable bonds is 5. The molecule has 0 atom stereocenters. The van der Waals surface area contributed by atoms with Crippen LogP contribution in [-0.2, 0) is 4.79 Å². The summed E-state index contributed by atoms with van der Waals surface area (Å²) < 4.78 is 0. The fourth-order valence-electron chi connectivity index (χ4n) is 2.46. The Morgan fingerprint density at radius 3 is 2.42 bits per heavy atom. The maximum atomic E-state index is 11.7. The summed E-state index contributed by atoms with van der Waals surface area (Å²) in [5.41, 5.74) is 0. The van der Waals surface area contributed by atoms with Crippen molar-refractivity contribution in [1.29, 1.82) is 0 Å². The van der Waals surface area contributed by atoms with E-state index in [2.05, 4.69) is 20.9 Å². The first-order valence-electron chi connectivity index (χ1n) is 7.14. The molecule has 2 rings (SSSR count). The van der Waals surface area contributed by atoms with Gasteiger partial charge < -0.3 is 10.6 Å². The first-order valence-corrected chi connectivity index (χ1v) is 7.14. The second kappa shape index (κ2) is 6.86. The number of hydrogen-bond acceptors (Lipinski definition) is 4. The predicted molar refractivity (Wildman–Crippen MR) is 72.8 cm³/mol. The number of carbonyl (C=O) groups excluding carboxylic acids is 2. The molecule has 2 fully saturated rings. The van der Waals surface area contributed by atoms with Crippen molar-refractivity contribution < 1.29 is 9.59 Å². The van der Waals surface area contributed by atoms with Crippen molar-refractivity contribution in [2.45, 2.75) is 31.7 Å². The van der Waals surface area contributed by atoms with E-state index in [0.717, 1.165) is 45.3 Å². The molecule has 1 aliphatic carbocycles. The molecule has 3 N–H and O–H groups in total. The number of nitrogens with one attached hydrogen (secondary N) is 3. The Morgan fingerprint density at radius 1 is 1.16 bits per heavy atom. The zero-order valence-corrected chi connectivity index (χ0v) is 11.6. The van der Waals surface area contributed by atoms with Gasteiger partial charge in [-0.15, -0.1) is 0 Å². The van der Waals surface area contributed by atoms with Crippen LogP contribution >= 0.6 is 0 Å². The predicted octanol–water partition coefficient (Wildman–Crippen LogP) is -0.0940. The van der Waals surface area contributed by atoms with Crippen LogP contribution in [0, 0.1) is 5.92 Å². The minimum Gasteiger partial charge on any atom is -0.335 e. The van der Waals surface area contributed by atoms with Crippen LogP contribution in [0.2, 0.25) is 0 Å². The monoisotopic (exact) mass is 268 g/mol. The minimum absolute atomic E-state index is 0.204. The Kier molecular flexibility index (Phi) is 5.15. The third kappa shape index (κ3) is 5.16. The molecule has 2 aliphatic rings. The van der Waals surface area contributed by atoms with Gasteiger partial charge in [-0.2, -0.15) is 0 Å². The van der Waals surface area contributed by atoms with Crippen LogP contribution in [-0.4, -0.2) is 56.1 Å². The van der Waals surface area contributed by atoms with E-state index < -0.39 is 0 Å². The topological polar surface area (TPSA) is 73.5 Å². The molecule has 0 aromatic carbocycles. The molecule has 1 saturated heterocycles. The molecule has 1 saturated carbocycles. The summed E-state index contributed by atoms with van der Waals surface area (Å²) in [4.78, 5) is 25.2. The van der Waals surface area contributed by atoms with Gasteiger partial charge in [-0.3, -0.25) is 15.0 Å². The Morgan fingerprint density at radius 2 is 1.84 bits per heavy atom. The maximum absolute atomic E-state index is 11.7. The van der Waals surface area contributed by atoms with Gasteiger partial charge in [0.25, 0.3) is 0 Å². The van der Waals surface area contributed by atoms with Crippen molar-refractivity contribution in [2.75, 3.05) is 33.2 Å². The van der Waals surface area contributed by atoms with E-state index in [1.807, 2.05) is 7.05 Å². The van der Waals surface area contributed by atoms with Crippen molar-refractivity contribution in [3.05, 3.63) is 0 Å². The summed E-state index contributed by atoms with van der Waals surface area (Å²) in [5, 5.41) is 8.33. The Balaban J connectivity index is 1.61. The molecular weight excluding hydrogens is 244 g/mol. The molecule has 6 heteroatoms. The molecule has 0 spiro atoms. The Labute approximate surface area is 114 Å². The number of hydrogen-bond donors (Lipinski definition) is 3. The van der Waals surface area contributed by atoms with E-state index >= 15 is 0 Å². The molecule has 0 aromatic rings. The van der Waals surface area contributed by atoms with Gasteiger partial charge in [0, 0.05) is 6.04 Å². The highest BCUT2D eigenvalue weighted by Crippen LogP contribution is 2.18. The van der Waals surface area contributed by atoms with Gasteiger partial charge in [0.15, 0.2) is 0 Å². The highest BCUT2D eigenvalue weighted by molar-refractivity contribution is 5.95. The molecule has 1 aliphatic heterocycles. The molecule has 6 nitrogen and oxygen atoms in total. The number of imide groups is 1. The van der Waals surface area contributed by atoms with Crippen LogP contribution < -0.4 is 16.0 Å². The number of nitrogens with zero attached hydrogens (tertiary/aromatic N) is 1. The van der Waals surface area contributed by atoms with Gasteiger partial charge in [-0.05, 0) is 58.3 Å². The number of urea groups is 1. The lowest BCUT2D eigenvalue weighted by molar-refractivity contribution is -0.121. The SMILES string of the molecule is CNCC1CCN(CC(=O)NC(=O)NC2CC2)CC1. The highest BCUT2D eigenvalue weighted by atomic mass is 16.2. The molecule has 0 bridgehead atoms.